The standard InChI is InChI=1S/C16H25N3O3/c1-3-12-8-9-14(22-12)13-7-5-4-6-10-19(13)15(20)11(2)18-16(17)21/h8-9,11,13H,3-7,10H2,1-2H3,(H3,17,18,21). The lowest BCUT2D eigenvalue weighted by molar-refractivity contribution is -0.135. The Kier molecular flexibility index (Phi) is 5.46. The molecule has 6 heteroatoms. The predicted molar refractivity (Wildman–Crippen MR) is 83.2 cm³/mol. The molecule has 0 saturated carbocycles. The number of likely N-dealkylation sites (tertiary alicyclic amines) is 1. The molecule has 22 heavy (non-hydrogen) atoms. The van der Waals surface area contributed by atoms with Crippen molar-refractivity contribution in [3.8, 4) is 0 Å². The molecule has 2 heterocycles. The summed E-state index contributed by atoms with van der Waals surface area (Å²) in [6, 6.07) is 2.56. The van der Waals surface area contributed by atoms with Crippen molar-refractivity contribution in [3.63, 3.8) is 0 Å². The minimum Gasteiger partial charge on any atom is -0.464 e. The van der Waals surface area contributed by atoms with Gasteiger partial charge in [-0.15, -0.1) is 0 Å². The Labute approximate surface area is 131 Å². The Balaban J connectivity index is 2.19. The predicted octanol–water partition coefficient (Wildman–Crippen LogP) is 2.34. The Hall–Kier alpha value is -1.98. The third-order valence-electron chi connectivity index (χ3n) is 4.12. The second-order valence-corrected chi connectivity index (χ2v) is 5.78. The van der Waals surface area contributed by atoms with Crippen LogP contribution in [0.25, 0.3) is 0 Å². The first-order valence-corrected chi connectivity index (χ1v) is 7.98. The number of primary amides is 1. The fourth-order valence-corrected chi connectivity index (χ4v) is 2.96. The van der Waals surface area contributed by atoms with Gasteiger partial charge in [0.2, 0.25) is 5.91 Å². The fourth-order valence-electron chi connectivity index (χ4n) is 2.96. The first kappa shape index (κ1) is 16.4. The molecule has 3 N–H and O–H groups in total. The molecular weight excluding hydrogens is 282 g/mol. The lowest BCUT2D eigenvalue weighted by Crippen LogP contribution is -2.49. The maximum absolute atomic E-state index is 12.7. The number of hydrogen-bond donors (Lipinski definition) is 2. The number of nitrogens with two attached hydrogens (primary N) is 1. The highest BCUT2D eigenvalue weighted by Crippen LogP contribution is 2.31. The fraction of sp³-hybridized carbons (Fsp3) is 0.625. The van der Waals surface area contributed by atoms with Crippen LogP contribution in [0.15, 0.2) is 16.5 Å². The highest BCUT2D eigenvalue weighted by molar-refractivity contribution is 5.86. The average Bonchev–Trinajstić information content (AvgIpc) is 2.82. The molecule has 0 aliphatic carbocycles. The first-order chi connectivity index (χ1) is 10.5. The molecule has 1 aliphatic heterocycles. The van der Waals surface area contributed by atoms with E-state index in [9.17, 15) is 9.59 Å². The Morgan fingerprint density at radius 3 is 2.82 bits per heavy atom. The Morgan fingerprint density at radius 2 is 2.18 bits per heavy atom. The number of urea groups is 1. The molecule has 2 unspecified atom stereocenters. The molecule has 1 fully saturated rings. The Bertz CT molecular complexity index is 526. The molecule has 6 nitrogen and oxygen atoms in total. The van der Waals surface area contributed by atoms with Crippen LogP contribution in [-0.2, 0) is 11.2 Å². The van der Waals surface area contributed by atoms with Crippen LogP contribution < -0.4 is 11.1 Å². The lowest BCUT2D eigenvalue weighted by Gasteiger charge is -2.31. The zero-order valence-electron chi connectivity index (χ0n) is 13.3. The van der Waals surface area contributed by atoms with E-state index >= 15 is 0 Å². The van der Waals surface area contributed by atoms with Gasteiger partial charge in [0.15, 0.2) is 0 Å². The molecule has 122 valence electrons. The molecular formula is C16H25N3O3. The molecule has 0 aromatic carbocycles. The van der Waals surface area contributed by atoms with Gasteiger partial charge in [-0.3, -0.25) is 4.79 Å². The number of nitrogens with zero attached hydrogens (tertiary/aromatic N) is 1. The average molecular weight is 307 g/mol. The van der Waals surface area contributed by atoms with E-state index in [1.165, 1.54) is 0 Å². The summed E-state index contributed by atoms with van der Waals surface area (Å²) >= 11 is 0. The van der Waals surface area contributed by atoms with E-state index in [0.717, 1.165) is 43.6 Å². The smallest absolute Gasteiger partial charge is 0.312 e. The summed E-state index contributed by atoms with van der Waals surface area (Å²) in [5.41, 5.74) is 5.12. The second kappa shape index (κ2) is 7.33. The molecule has 2 rings (SSSR count). The summed E-state index contributed by atoms with van der Waals surface area (Å²) in [7, 11) is 0. The number of aryl methyl sites for hydroxylation is 1. The van der Waals surface area contributed by atoms with Crippen molar-refractivity contribution >= 4 is 11.9 Å². The summed E-state index contributed by atoms with van der Waals surface area (Å²) in [5, 5.41) is 2.47. The van der Waals surface area contributed by atoms with Crippen LogP contribution in [0.2, 0.25) is 0 Å². The number of rotatable bonds is 4. The summed E-state index contributed by atoms with van der Waals surface area (Å²) in [4.78, 5) is 25.5. The second-order valence-electron chi connectivity index (χ2n) is 5.78. The van der Waals surface area contributed by atoms with Gasteiger partial charge in [0.25, 0.3) is 0 Å². The lowest BCUT2D eigenvalue weighted by atomic mass is 10.1. The molecule has 1 aliphatic rings. The highest BCUT2D eigenvalue weighted by atomic mass is 16.3. The van der Waals surface area contributed by atoms with Crippen LogP contribution in [-0.4, -0.2) is 29.4 Å². The van der Waals surface area contributed by atoms with Gasteiger partial charge in [0.1, 0.15) is 17.6 Å². The number of hydrogen-bond acceptors (Lipinski definition) is 3. The molecule has 3 amide bonds. The van der Waals surface area contributed by atoms with Crippen molar-refractivity contribution in [2.45, 2.75) is 58.0 Å². The van der Waals surface area contributed by atoms with Gasteiger partial charge in [-0.1, -0.05) is 19.8 Å². The van der Waals surface area contributed by atoms with Crippen LogP contribution in [0.4, 0.5) is 4.79 Å². The monoisotopic (exact) mass is 307 g/mol. The van der Waals surface area contributed by atoms with E-state index in [1.54, 1.807) is 6.92 Å². The SMILES string of the molecule is CCc1ccc(C2CCCCCN2C(=O)C(C)NC(N)=O)o1. The van der Waals surface area contributed by atoms with E-state index < -0.39 is 12.1 Å². The van der Waals surface area contributed by atoms with Crippen molar-refractivity contribution in [3.05, 3.63) is 23.7 Å². The van der Waals surface area contributed by atoms with Crippen LogP contribution in [0.1, 0.15) is 57.1 Å². The van der Waals surface area contributed by atoms with E-state index in [-0.39, 0.29) is 11.9 Å². The number of carbonyl (C=O) groups excluding carboxylic acids is 2. The minimum atomic E-state index is -0.682. The van der Waals surface area contributed by atoms with Gasteiger partial charge in [-0.2, -0.15) is 0 Å². The van der Waals surface area contributed by atoms with Gasteiger partial charge >= 0.3 is 6.03 Å². The highest BCUT2D eigenvalue weighted by Gasteiger charge is 2.31. The van der Waals surface area contributed by atoms with E-state index in [4.69, 9.17) is 10.2 Å². The first-order valence-electron chi connectivity index (χ1n) is 7.98. The molecule has 0 radical (unpaired) electrons. The van der Waals surface area contributed by atoms with Gasteiger partial charge in [-0.25, -0.2) is 4.79 Å². The minimum absolute atomic E-state index is 0.0626. The van der Waals surface area contributed by atoms with Gasteiger partial charge in [0.05, 0.1) is 6.04 Å². The van der Waals surface area contributed by atoms with Crippen LogP contribution in [0.3, 0.4) is 0 Å². The van der Waals surface area contributed by atoms with Crippen molar-refractivity contribution in [1.29, 1.82) is 0 Å². The van der Waals surface area contributed by atoms with Crippen molar-refractivity contribution in [2.75, 3.05) is 6.54 Å². The summed E-state index contributed by atoms with van der Waals surface area (Å²) in [6.45, 7) is 4.38. The van der Waals surface area contributed by atoms with Crippen molar-refractivity contribution in [1.82, 2.24) is 10.2 Å². The zero-order valence-corrected chi connectivity index (χ0v) is 13.3. The molecule has 0 bridgehead atoms. The summed E-state index contributed by atoms with van der Waals surface area (Å²) in [6.07, 6.45) is 4.84. The normalized spacial score (nSPS) is 20.3. The van der Waals surface area contributed by atoms with Crippen molar-refractivity contribution < 1.29 is 14.0 Å². The Morgan fingerprint density at radius 1 is 1.41 bits per heavy atom. The maximum Gasteiger partial charge on any atom is 0.312 e. The molecule has 2 atom stereocenters. The van der Waals surface area contributed by atoms with Crippen LogP contribution >= 0.6 is 0 Å². The largest absolute Gasteiger partial charge is 0.464 e. The third-order valence-corrected chi connectivity index (χ3v) is 4.12. The summed E-state index contributed by atoms with van der Waals surface area (Å²) in [5.74, 6) is 1.65. The van der Waals surface area contributed by atoms with E-state index in [2.05, 4.69) is 5.32 Å². The molecule has 1 saturated heterocycles. The number of furan rings is 1. The maximum atomic E-state index is 12.7. The molecule has 0 spiro atoms. The summed E-state index contributed by atoms with van der Waals surface area (Å²) < 4.78 is 5.86. The number of amides is 3. The molecule has 1 aromatic heterocycles. The zero-order chi connectivity index (χ0) is 16.1. The van der Waals surface area contributed by atoms with Crippen LogP contribution in [0.5, 0.6) is 0 Å². The quantitative estimate of drug-likeness (QED) is 0.894. The number of carbonyl (C=O) groups is 2. The number of nitrogens with one attached hydrogen (secondary N) is 1. The van der Waals surface area contributed by atoms with Gasteiger partial charge < -0.3 is 20.4 Å². The van der Waals surface area contributed by atoms with Crippen molar-refractivity contribution in [2.24, 2.45) is 5.73 Å². The van der Waals surface area contributed by atoms with E-state index in [1.807, 2.05) is 24.0 Å². The van der Waals surface area contributed by atoms with Gasteiger partial charge in [-0.05, 0) is 31.9 Å². The topological polar surface area (TPSA) is 88.6 Å². The van der Waals surface area contributed by atoms with Gasteiger partial charge in [0, 0.05) is 13.0 Å². The van der Waals surface area contributed by atoms with E-state index in [0.29, 0.717) is 6.54 Å². The van der Waals surface area contributed by atoms with Crippen LogP contribution in [0, 0.1) is 0 Å². The molecule has 1 aromatic rings. The third kappa shape index (κ3) is 3.81.